The first-order chi connectivity index (χ1) is 16.6. The maximum atomic E-state index is 12.9. The Kier molecular flexibility index (Phi) is 7.37. The van der Waals surface area contributed by atoms with Gasteiger partial charge in [0.15, 0.2) is 5.82 Å². The van der Waals surface area contributed by atoms with Crippen LogP contribution in [0.4, 0.5) is 11.5 Å². The second-order valence-electron chi connectivity index (χ2n) is 8.08. The predicted molar refractivity (Wildman–Crippen MR) is 130 cm³/mol. The van der Waals surface area contributed by atoms with Gasteiger partial charge in [-0.15, -0.1) is 10.2 Å². The third-order valence-electron chi connectivity index (χ3n) is 5.82. The highest BCUT2D eigenvalue weighted by atomic mass is 16.5. The maximum absolute atomic E-state index is 12.9. The van der Waals surface area contributed by atoms with E-state index in [2.05, 4.69) is 20.4 Å². The molecule has 0 bridgehead atoms. The molecule has 0 spiro atoms. The van der Waals surface area contributed by atoms with Gasteiger partial charge in [-0.1, -0.05) is 0 Å². The van der Waals surface area contributed by atoms with Crippen LogP contribution < -0.4 is 15.0 Å². The highest BCUT2D eigenvalue weighted by Gasteiger charge is 2.27. The van der Waals surface area contributed by atoms with Crippen LogP contribution >= 0.6 is 0 Å². The summed E-state index contributed by atoms with van der Waals surface area (Å²) in [6.45, 7) is 3.49. The van der Waals surface area contributed by atoms with Crippen molar-refractivity contribution < 1.29 is 19.1 Å². The van der Waals surface area contributed by atoms with Gasteiger partial charge in [0, 0.05) is 24.3 Å². The summed E-state index contributed by atoms with van der Waals surface area (Å²) in [6, 6.07) is 18.3. The van der Waals surface area contributed by atoms with E-state index < -0.39 is 0 Å². The molecule has 34 heavy (non-hydrogen) atoms. The number of aromatic nitrogens is 2. The zero-order valence-corrected chi connectivity index (χ0v) is 19.4. The number of nitrogens with zero attached hydrogens (tertiary/aromatic N) is 3. The monoisotopic (exact) mass is 460 g/mol. The van der Waals surface area contributed by atoms with Crippen LogP contribution in [-0.4, -0.2) is 48.9 Å². The van der Waals surface area contributed by atoms with E-state index in [0.29, 0.717) is 24.4 Å². The lowest BCUT2D eigenvalue weighted by Crippen LogP contribution is -2.41. The molecule has 1 amide bonds. The molecule has 1 N–H and O–H groups in total. The Labute approximate surface area is 198 Å². The molecule has 0 aliphatic carbocycles. The van der Waals surface area contributed by atoms with Gasteiger partial charge in [-0.3, -0.25) is 4.79 Å². The number of benzene rings is 2. The lowest BCUT2D eigenvalue weighted by atomic mass is 9.97. The van der Waals surface area contributed by atoms with Crippen molar-refractivity contribution in [3.8, 4) is 17.0 Å². The summed E-state index contributed by atoms with van der Waals surface area (Å²) >= 11 is 0. The third kappa shape index (κ3) is 5.51. The minimum atomic E-state index is -0.373. The van der Waals surface area contributed by atoms with Crippen LogP contribution in [0, 0.1) is 5.92 Å². The number of anilines is 2. The molecule has 1 unspecified atom stereocenters. The molecular weight excluding hydrogens is 432 g/mol. The zero-order chi connectivity index (χ0) is 23.9. The van der Waals surface area contributed by atoms with Crippen molar-refractivity contribution in [2.75, 3.05) is 37.0 Å². The Hall–Kier alpha value is -3.94. The number of piperidine rings is 1. The van der Waals surface area contributed by atoms with Crippen LogP contribution in [0.3, 0.4) is 0 Å². The Bertz CT molecular complexity index is 1120. The zero-order valence-electron chi connectivity index (χ0n) is 19.4. The molecule has 8 nitrogen and oxygen atoms in total. The third-order valence-corrected chi connectivity index (χ3v) is 5.82. The fourth-order valence-corrected chi connectivity index (χ4v) is 3.96. The normalized spacial score (nSPS) is 15.5. The minimum Gasteiger partial charge on any atom is -0.497 e. The number of rotatable bonds is 7. The van der Waals surface area contributed by atoms with Crippen molar-refractivity contribution in [2.24, 2.45) is 5.92 Å². The van der Waals surface area contributed by atoms with Crippen LogP contribution in [0.15, 0.2) is 60.7 Å². The van der Waals surface area contributed by atoms with Gasteiger partial charge in [0.1, 0.15) is 5.75 Å². The van der Waals surface area contributed by atoms with Gasteiger partial charge in [-0.2, -0.15) is 0 Å². The minimum absolute atomic E-state index is 0.0450. The van der Waals surface area contributed by atoms with Crippen molar-refractivity contribution in [3.05, 3.63) is 66.2 Å². The first-order valence-corrected chi connectivity index (χ1v) is 11.4. The number of carbonyl (C=O) groups excluding carboxylic acids is 2. The largest absolute Gasteiger partial charge is 0.497 e. The number of hydrogen-bond donors (Lipinski definition) is 1. The number of esters is 1. The Morgan fingerprint density at radius 1 is 1.03 bits per heavy atom. The average molecular weight is 461 g/mol. The van der Waals surface area contributed by atoms with Crippen LogP contribution in [-0.2, 0) is 9.53 Å². The second-order valence-corrected chi connectivity index (χ2v) is 8.08. The summed E-state index contributed by atoms with van der Waals surface area (Å²) in [7, 11) is 1.64. The van der Waals surface area contributed by atoms with Gasteiger partial charge < -0.3 is 19.7 Å². The molecule has 1 aliphatic rings. The van der Waals surface area contributed by atoms with Crippen LogP contribution in [0.1, 0.15) is 30.1 Å². The lowest BCUT2D eigenvalue weighted by Gasteiger charge is -2.32. The number of methoxy groups -OCH3 is 1. The Morgan fingerprint density at radius 2 is 1.79 bits per heavy atom. The summed E-state index contributed by atoms with van der Waals surface area (Å²) in [6.07, 6.45) is 1.70. The molecule has 0 saturated carbocycles. The first-order valence-electron chi connectivity index (χ1n) is 11.4. The molecule has 1 fully saturated rings. The van der Waals surface area contributed by atoms with Crippen molar-refractivity contribution in [1.29, 1.82) is 0 Å². The molecule has 4 rings (SSSR count). The van der Waals surface area contributed by atoms with E-state index in [-0.39, 0.29) is 17.8 Å². The Balaban J connectivity index is 1.37. The van der Waals surface area contributed by atoms with E-state index in [4.69, 9.17) is 9.47 Å². The molecule has 1 saturated heterocycles. The summed E-state index contributed by atoms with van der Waals surface area (Å²) in [4.78, 5) is 26.8. The molecule has 0 radical (unpaired) electrons. The standard InChI is InChI=1S/C26H28N4O4/c1-3-34-26(32)19-6-10-21(11-7-19)27-25(31)20-5-4-16-30(17-20)24-15-14-23(28-29-24)18-8-12-22(33-2)13-9-18/h6-15,20H,3-5,16-17H2,1-2H3,(H,27,31). The van der Waals surface area contributed by atoms with Gasteiger partial charge in [0.2, 0.25) is 5.91 Å². The quantitative estimate of drug-likeness (QED) is 0.529. The number of hydrogen-bond acceptors (Lipinski definition) is 7. The van der Waals surface area contributed by atoms with Crippen molar-refractivity contribution in [3.63, 3.8) is 0 Å². The fraction of sp³-hybridized carbons (Fsp3) is 0.308. The number of amides is 1. The molecule has 8 heteroatoms. The number of ether oxygens (including phenoxy) is 2. The maximum Gasteiger partial charge on any atom is 0.338 e. The van der Waals surface area contributed by atoms with Crippen molar-refractivity contribution >= 4 is 23.4 Å². The van der Waals surface area contributed by atoms with Gasteiger partial charge in [0.05, 0.1) is 30.9 Å². The lowest BCUT2D eigenvalue weighted by molar-refractivity contribution is -0.120. The smallest absolute Gasteiger partial charge is 0.338 e. The molecule has 1 aromatic heterocycles. The second kappa shape index (κ2) is 10.8. The van der Waals surface area contributed by atoms with E-state index in [1.165, 1.54) is 0 Å². The highest BCUT2D eigenvalue weighted by molar-refractivity contribution is 5.94. The average Bonchev–Trinajstić information content (AvgIpc) is 2.89. The SMILES string of the molecule is CCOC(=O)c1ccc(NC(=O)C2CCCN(c3ccc(-c4ccc(OC)cc4)nn3)C2)cc1. The number of carbonyl (C=O) groups is 2. The molecule has 1 aliphatic heterocycles. The van der Waals surface area contributed by atoms with E-state index in [0.717, 1.165) is 42.2 Å². The molecule has 1 atom stereocenters. The predicted octanol–water partition coefficient (Wildman–Crippen LogP) is 4.18. The van der Waals surface area contributed by atoms with Crippen LogP contribution in [0.5, 0.6) is 5.75 Å². The molecule has 2 aromatic carbocycles. The summed E-state index contributed by atoms with van der Waals surface area (Å²) in [5.41, 5.74) is 2.85. The topological polar surface area (TPSA) is 93.7 Å². The molecular formula is C26H28N4O4. The van der Waals surface area contributed by atoms with Gasteiger partial charge in [-0.25, -0.2) is 4.79 Å². The van der Waals surface area contributed by atoms with E-state index in [1.54, 1.807) is 38.3 Å². The highest BCUT2D eigenvalue weighted by Crippen LogP contribution is 2.25. The van der Waals surface area contributed by atoms with E-state index in [1.807, 2.05) is 36.4 Å². The summed E-state index contributed by atoms with van der Waals surface area (Å²) in [5.74, 6) is 0.967. The fourth-order valence-electron chi connectivity index (χ4n) is 3.96. The van der Waals surface area contributed by atoms with Crippen molar-refractivity contribution in [2.45, 2.75) is 19.8 Å². The van der Waals surface area contributed by atoms with E-state index in [9.17, 15) is 9.59 Å². The first kappa shape index (κ1) is 23.2. The number of nitrogens with one attached hydrogen (secondary N) is 1. The van der Waals surface area contributed by atoms with Crippen LogP contribution in [0.25, 0.3) is 11.3 Å². The van der Waals surface area contributed by atoms with E-state index >= 15 is 0 Å². The summed E-state index contributed by atoms with van der Waals surface area (Å²) in [5, 5.41) is 11.7. The van der Waals surface area contributed by atoms with Gasteiger partial charge in [-0.05, 0) is 80.4 Å². The van der Waals surface area contributed by atoms with Crippen LogP contribution in [0.2, 0.25) is 0 Å². The Morgan fingerprint density at radius 3 is 2.44 bits per heavy atom. The summed E-state index contributed by atoms with van der Waals surface area (Å²) < 4.78 is 10.2. The van der Waals surface area contributed by atoms with Crippen molar-refractivity contribution in [1.82, 2.24) is 10.2 Å². The van der Waals surface area contributed by atoms with Gasteiger partial charge in [0.25, 0.3) is 0 Å². The molecule has 3 aromatic rings. The molecule has 176 valence electrons. The van der Waals surface area contributed by atoms with Gasteiger partial charge >= 0.3 is 5.97 Å². The molecule has 2 heterocycles.